The van der Waals surface area contributed by atoms with E-state index in [1.54, 1.807) is 13.0 Å². The SMILES string of the molecule is CCCCCCCCCCCCCCCC(=O)OCc1cccc([C@H](C)O)n1. The fourth-order valence-corrected chi connectivity index (χ4v) is 3.32. The third-order valence-electron chi connectivity index (χ3n) is 5.12. The minimum atomic E-state index is -0.610. The van der Waals surface area contributed by atoms with Crippen molar-refractivity contribution in [2.75, 3.05) is 0 Å². The predicted octanol–water partition coefficient (Wildman–Crippen LogP) is 6.66. The molecular weight excluding hydrogens is 350 g/mol. The summed E-state index contributed by atoms with van der Waals surface area (Å²) in [5, 5.41) is 9.54. The molecule has 0 bridgehead atoms. The van der Waals surface area contributed by atoms with Crippen molar-refractivity contribution in [3.63, 3.8) is 0 Å². The first-order valence-electron chi connectivity index (χ1n) is 11.4. The smallest absolute Gasteiger partial charge is 0.306 e. The average Bonchev–Trinajstić information content (AvgIpc) is 2.70. The monoisotopic (exact) mass is 391 g/mol. The van der Waals surface area contributed by atoms with Crippen LogP contribution in [0.4, 0.5) is 0 Å². The number of carbonyl (C=O) groups excluding carboxylic acids is 1. The number of ether oxygens (including phenoxy) is 1. The lowest BCUT2D eigenvalue weighted by Crippen LogP contribution is -2.06. The molecular formula is C24H41NO3. The first-order chi connectivity index (χ1) is 13.6. The van der Waals surface area contributed by atoms with Crippen molar-refractivity contribution in [1.29, 1.82) is 0 Å². The van der Waals surface area contributed by atoms with Gasteiger partial charge >= 0.3 is 5.97 Å². The molecule has 4 heteroatoms. The van der Waals surface area contributed by atoms with E-state index in [9.17, 15) is 9.90 Å². The van der Waals surface area contributed by atoms with Crippen molar-refractivity contribution in [3.8, 4) is 0 Å². The average molecular weight is 392 g/mol. The van der Waals surface area contributed by atoms with E-state index in [1.807, 2.05) is 12.1 Å². The zero-order chi connectivity index (χ0) is 20.5. The molecule has 0 saturated heterocycles. The van der Waals surface area contributed by atoms with E-state index in [0.717, 1.165) is 12.8 Å². The first kappa shape index (κ1) is 24.6. The normalized spacial score (nSPS) is 12.1. The Hall–Kier alpha value is -1.42. The van der Waals surface area contributed by atoms with Gasteiger partial charge < -0.3 is 9.84 Å². The number of esters is 1. The first-order valence-corrected chi connectivity index (χ1v) is 11.4. The highest BCUT2D eigenvalue weighted by molar-refractivity contribution is 5.69. The molecule has 0 amide bonds. The number of aliphatic hydroxyl groups excluding tert-OH is 1. The van der Waals surface area contributed by atoms with E-state index in [0.29, 0.717) is 17.8 Å². The summed E-state index contributed by atoms with van der Waals surface area (Å²) in [7, 11) is 0. The van der Waals surface area contributed by atoms with Crippen LogP contribution in [-0.4, -0.2) is 16.1 Å². The molecule has 1 rings (SSSR count). The number of aromatic nitrogens is 1. The van der Waals surface area contributed by atoms with Crippen LogP contribution in [0.2, 0.25) is 0 Å². The zero-order valence-corrected chi connectivity index (χ0v) is 18.1. The van der Waals surface area contributed by atoms with Crippen LogP contribution in [0.1, 0.15) is 121 Å². The molecule has 0 spiro atoms. The lowest BCUT2D eigenvalue weighted by Gasteiger charge is -2.08. The zero-order valence-electron chi connectivity index (χ0n) is 18.1. The number of pyridine rings is 1. The number of hydrogen-bond donors (Lipinski definition) is 1. The largest absolute Gasteiger partial charge is 0.459 e. The van der Waals surface area contributed by atoms with E-state index < -0.39 is 6.10 Å². The molecule has 1 atom stereocenters. The van der Waals surface area contributed by atoms with Crippen molar-refractivity contribution < 1.29 is 14.6 Å². The molecule has 4 nitrogen and oxygen atoms in total. The van der Waals surface area contributed by atoms with Crippen LogP contribution in [-0.2, 0) is 16.1 Å². The fourth-order valence-electron chi connectivity index (χ4n) is 3.32. The van der Waals surface area contributed by atoms with Gasteiger partial charge in [-0.25, -0.2) is 0 Å². The van der Waals surface area contributed by atoms with Crippen LogP contribution in [0.5, 0.6) is 0 Å². The molecule has 0 aliphatic heterocycles. The third kappa shape index (κ3) is 12.9. The van der Waals surface area contributed by atoms with Crippen LogP contribution >= 0.6 is 0 Å². The summed E-state index contributed by atoms with van der Waals surface area (Å²) in [5.74, 6) is -0.160. The van der Waals surface area contributed by atoms with E-state index in [4.69, 9.17) is 4.74 Å². The van der Waals surface area contributed by atoms with Crippen molar-refractivity contribution in [3.05, 3.63) is 29.6 Å². The maximum Gasteiger partial charge on any atom is 0.306 e. The summed E-state index contributed by atoms with van der Waals surface area (Å²) in [5.41, 5.74) is 1.28. The Morgan fingerprint density at radius 2 is 1.46 bits per heavy atom. The number of carbonyl (C=O) groups is 1. The Kier molecular flexibility index (Phi) is 14.5. The molecule has 0 fully saturated rings. The Balaban J connectivity index is 1.92. The summed E-state index contributed by atoms with van der Waals surface area (Å²) in [6.45, 7) is 4.12. The van der Waals surface area contributed by atoms with Gasteiger partial charge in [0.25, 0.3) is 0 Å². The van der Waals surface area contributed by atoms with E-state index in [1.165, 1.54) is 70.6 Å². The maximum absolute atomic E-state index is 11.8. The van der Waals surface area contributed by atoms with Crippen LogP contribution in [0, 0.1) is 0 Å². The second-order valence-corrected chi connectivity index (χ2v) is 7.88. The molecule has 1 heterocycles. The van der Waals surface area contributed by atoms with Gasteiger partial charge in [-0.2, -0.15) is 0 Å². The molecule has 0 aliphatic rings. The molecule has 28 heavy (non-hydrogen) atoms. The van der Waals surface area contributed by atoms with Crippen LogP contribution in [0.3, 0.4) is 0 Å². The number of unbranched alkanes of at least 4 members (excludes halogenated alkanes) is 12. The van der Waals surface area contributed by atoms with Crippen molar-refractivity contribution in [1.82, 2.24) is 4.98 Å². The van der Waals surface area contributed by atoms with Crippen molar-refractivity contribution in [2.45, 2.75) is 116 Å². The predicted molar refractivity (Wildman–Crippen MR) is 115 cm³/mol. The van der Waals surface area contributed by atoms with Crippen LogP contribution < -0.4 is 0 Å². The van der Waals surface area contributed by atoms with E-state index in [-0.39, 0.29) is 12.6 Å². The second kappa shape index (κ2) is 16.5. The highest BCUT2D eigenvalue weighted by Crippen LogP contribution is 2.14. The Bertz CT molecular complexity index is 516. The summed E-state index contributed by atoms with van der Waals surface area (Å²) >= 11 is 0. The maximum atomic E-state index is 11.8. The highest BCUT2D eigenvalue weighted by atomic mass is 16.5. The third-order valence-corrected chi connectivity index (χ3v) is 5.12. The molecule has 0 saturated carbocycles. The van der Waals surface area contributed by atoms with Gasteiger partial charge in [0.2, 0.25) is 0 Å². The molecule has 0 aromatic carbocycles. The van der Waals surface area contributed by atoms with E-state index in [2.05, 4.69) is 11.9 Å². The van der Waals surface area contributed by atoms with Gasteiger partial charge in [0.15, 0.2) is 0 Å². The number of rotatable bonds is 17. The van der Waals surface area contributed by atoms with Gasteiger partial charge in [-0.05, 0) is 25.5 Å². The van der Waals surface area contributed by atoms with E-state index >= 15 is 0 Å². The van der Waals surface area contributed by atoms with Crippen molar-refractivity contribution in [2.24, 2.45) is 0 Å². The number of hydrogen-bond acceptors (Lipinski definition) is 4. The van der Waals surface area contributed by atoms with Crippen LogP contribution in [0.15, 0.2) is 18.2 Å². The Morgan fingerprint density at radius 3 is 2.00 bits per heavy atom. The number of aliphatic hydroxyl groups is 1. The van der Waals surface area contributed by atoms with Gasteiger partial charge in [-0.3, -0.25) is 9.78 Å². The molecule has 0 radical (unpaired) electrons. The summed E-state index contributed by atoms with van der Waals surface area (Å²) in [4.78, 5) is 16.1. The van der Waals surface area contributed by atoms with Gasteiger partial charge in [0, 0.05) is 6.42 Å². The topological polar surface area (TPSA) is 59.4 Å². The molecule has 0 unspecified atom stereocenters. The Labute approximate surface area is 172 Å². The highest BCUT2D eigenvalue weighted by Gasteiger charge is 2.07. The lowest BCUT2D eigenvalue weighted by atomic mass is 10.0. The summed E-state index contributed by atoms with van der Waals surface area (Å²) in [6.07, 6.45) is 16.7. The van der Waals surface area contributed by atoms with Gasteiger partial charge in [0.05, 0.1) is 17.5 Å². The fraction of sp³-hybridized carbons (Fsp3) is 0.750. The molecule has 1 aromatic rings. The molecule has 1 aromatic heterocycles. The quantitative estimate of drug-likeness (QED) is 0.238. The van der Waals surface area contributed by atoms with Crippen molar-refractivity contribution >= 4 is 5.97 Å². The molecule has 0 aliphatic carbocycles. The second-order valence-electron chi connectivity index (χ2n) is 7.88. The minimum Gasteiger partial charge on any atom is -0.459 e. The molecule has 160 valence electrons. The van der Waals surface area contributed by atoms with Crippen LogP contribution in [0.25, 0.3) is 0 Å². The van der Waals surface area contributed by atoms with Gasteiger partial charge in [0.1, 0.15) is 6.61 Å². The standard InChI is InChI=1S/C24H41NO3/c1-3-4-5-6-7-8-9-10-11-12-13-14-15-19-24(27)28-20-22-17-16-18-23(25-22)21(2)26/h16-18,21,26H,3-15,19-20H2,1-2H3/t21-/m0/s1. The minimum absolute atomic E-state index is 0.160. The lowest BCUT2D eigenvalue weighted by molar-refractivity contribution is -0.145. The summed E-state index contributed by atoms with van der Waals surface area (Å²) < 4.78 is 5.29. The number of nitrogens with zero attached hydrogens (tertiary/aromatic N) is 1. The summed E-state index contributed by atoms with van der Waals surface area (Å²) in [6, 6.07) is 5.40. The Morgan fingerprint density at radius 1 is 0.929 bits per heavy atom. The van der Waals surface area contributed by atoms with Gasteiger partial charge in [-0.1, -0.05) is 90.0 Å². The molecule has 1 N–H and O–H groups in total. The van der Waals surface area contributed by atoms with Gasteiger partial charge in [-0.15, -0.1) is 0 Å².